The molecule has 1 aliphatic heterocycles. The highest BCUT2D eigenvalue weighted by Gasteiger charge is 2.36. The number of nitrogens with zero attached hydrogens (tertiary/aromatic N) is 1. The second-order valence-corrected chi connectivity index (χ2v) is 6.13. The number of esters is 1. The fourth-order valence-corrected chi connectivity index (χ4v) is 2.97. The lowest BCUT2D eigenvalue weighted by atomic mass is 10.2. The first-order valence-electron chi connectivity index (χ1n) is 6.32. The summed E-state index contributed by atoms with van der Waals surface area (Å²) in [6.45, 7) is 1.44. The molecule has 0 bridgehead atoms. The van der Waals surface area contributed by atoms with E-state index >= 15 is 0 Å². The van der Waals surface area contributed by atoms with E-state index in [4.69, 9.17) is 4.74 Å². The van der Waals surface area contributed by atoms with E-state index in [-0.39, 0.29) is 17.3 Å². The van der Waals surface area contributed by atoms with Crippen molar-refractivity contribution in [2.24, 2.45) is 0 Å². The molecule has 0 radical (unpaired) electrons. The fourth-order valence-electron chi connectivity index (χ4n) is 1.74. The molecule has 116 valence electrons. The number of phenols is 1. The van der Waals surface area contributed by atoms with Crippen LogP contribution >= 0.6 is 27.7 Å². The summed E-state index contributed by atoms with van der Waals surface area (Å²) < 4.78 is 5.21. The second kappa shape index (κ2) is 6.97. The van der Waals surface area contributed by atoms with E-state index in [2.05, 4.69) is 15.9 Å². The van der Waals surface area contributed by atoms with Crippen molar-refractivity contribution in [3.05, 3.63) is 33.1 Å². The standard InChI is InChI=1S/C14H12BrNO5S/c1-2-21-12(18)7-16-13(19)11(22-14(16)20)6-8-3-4-10(17)9(15)5-8/h3-6,17H,2,7H2,1H3. The van der Waals surface area contributed by atoms with Crippen molar-refractivity contribution in [2.75, 3.05) is 13.2 Å². The largest absolute Gasteiger partial charge is 0.507 e. The highest BCUT2D eigenvalue weighted by molar-refractivity contribution is 9.10. The van der Waals surface area contributed by atoms with E-state index in [1.807, 2.05) is 0 Å². The normalized spacial score (nSPS) is 16.5. The Bertz CT molecular complexity index is 673. The molecule has 0 atom stereocenters. The highest BCUT2D eigenvalue weighted by atomic mass is 79.9. The summed E-state index contributed by atoms with van der Waals surface area (Å²) >= 11 is 3.93. The third kappa shape index (κ3) is 3.69. The molecule has 1 aliphatic rings. The number of amides is 2. The quantitative estimate of drug-likeness (QED) is 0.633. The minimum atomic E-state index is -0.626. The Balaban J connectivity index is 2.18. The van der Waals surface area contributed by atoms with Crippen LogP contribution in [0.25, 0.3) is 6.08 Å². The predicted molar refractivity (Wildman–Crippen MR) is 85.1 cm³/mol. The zero-order valence-corrected chi connectivity index (χ0v) is 13.9. The van der Waals surface area contributed by atoms with Gasteiger partial charge in [0.25, 0.3) is 11.1 Å². The van der Waals surface area contributed by atoms with Crippen LogP contribution in [-0.2, 0) is 14.3 Å². The van der Waals surface area contributed by atoms with E-state index in [0.717, 1.165) is 16.7 Å². The molecule has 6 nitrogen and oxygen atoms in total. The molecule has 1 aromatic rings. The van der Waals surface area contributed by atoms with Gasteiger partial charge in [-0.05, 0) is 58.4 Å². The number of benzene rings is 1. The van der Waals surface area contributed by atoms with E-state index in [9.17, 15) is 19.5 Å². The lowest BCUT2D eigenvalue weighted by Gasteiger charge is -2.10. The third-order valence-electron chi connectivity index (χ3n) is 2.74. The number of carbonyl (C=O) groups excluding carboxylic acids is 3. The Labute approximate surface area is 139 Å². The molecule has 0 spiro atoms. The molecule has 2 amide bonds. The van der Waals surface area contributed by atoms with Gasteiger partial charge < -0.3 is 9.84 Å². The lowest BCUT2D eigenvalue weighted by molar-refractivity contribution is -0.145. The van der Waals surface area contributed by atoms with E-state index < -0.39 is 23.7 Å². The Morgan fingerprint density at radius 3 is 2.82 bits per heavy atom. The molecule has 2 rings (SSSR count). The number of hydrogen-bond donors (Lipinski definition) is 1. The van der Waals surface area contributed by atoms with Crippen LogP contribution in [0.2, 0.25) is 0 Å². The number of ether oxygens (including phenoxy) is 1. The van der Waals surface area contributed by atoms with Crippen molar-refractivity contribution in [2.45, 2.75) is 6.92 Å². The molecule has 0 unspecified atom stereocenters. The predicted octanol–water partition coefficient (Wildman–Crippen LogP) is 2.75. The van der Waals surface area contributed by atoms with Gasteiger partial charge in [-0.1, -0.05) is 6.07 Å². The third-order valence-corrected chi connectivity index (χ3v) is 4.28. The minimum absolute atomic E-state index is 0.0764. The molecule has 1 fully saturated rings. The summed E-state index contributed by atoms with van der Waals surface area (Å²) in [5, 5.41) is 8.92. The van der Waals surface area contributed by atoms with Crippen LogP contribution < -0.4 is 0 Å². The van der Waals surface area contributed by atoms with Gasteiger partial charge in [0.15, 0.2) is 0 Å². The van der Waals surface area contributed by atoms with Crippen molar-refractivity contribution in [3.63, 3.8) is 0 Å². The average Bonchev–Trinajstić information content (AvgIpc) is 2.71. The molecule has 1 saturated heterocycles. The van der Waals surface area contributed by atoms with Crippen LogP contribution in [0.3, 0.4) is 0 Å². The van der Waals surface area contributed by atoms with Crippen LogP contribution in [0.15, 0.2) is 27.6 Å². The molecular weight excluding hydrogens is 374 g/mol. The van der Waals surface area contributed by atoms with Crippen molar-refractivity contribution in [1.82, 2.24) is 4.90 Å². The van der Waals surface area contributed by atoms with Gasteiger partial charge in [-0.2, -0.15) is 0 Å². The lowest BCUT2D eigenvalue weighted by Crippen LogP contribution is -2.34. The number of hydrogen-bond acceptors (Lipinski definition) is 6. The molecule has 1 heterocycles. The molecule has 0 saturated carbocycles. The summed E-state index contributed by atoms with van der Waals surface area (Å²) in [5.41, 5.74) is 0.645. The van der Waals surface area contributed by atoms with E-state index in [1.165, 1.54) is 12.1 Å². The van der Waals surface area contributed by atoms with Gasteiger partial charge in [-0.15, -0.1) is 0 Å². The molecular formula is C14H12BrNO5S. The smallest absolute Gasteiger partial charge is 0.326 e. The molecule has 1 N–H and O–H groups in total. The number of carbonyl (C=O) groups is 3. The molecule has 1 aromatic carbocycles. The van der Waals surface area contributed by atoms with E-state index in [1.54, 1.807) is 19.1 Å². The zero-order valence-electron chi connectivity index (χ0n) is 11.5. The summed E-state index contributed by atoms with van der Waals surface area (Å²) in [5.74, 6) is -1.08. The Kier molecular flexibility index (Phi) is 5.25. The summed E-state index contributed by atoms with van der Waals surface area (Å²) in [6, 6.07) is 4.70. The van der Waals surface area contributed by atoms with Crippen LogP contribution in [0.1, 0.15) is 12.5 Å². The average molecular weight is 386 g/mol. The number of rotatable bonds is 4. The molecule has 0 aromatic heterocycles. The Morgan fingerprint density at radius 1 is 1.45 bits per heavy atom. The first-order valence-corrected chi connectivity index (χ1v) is 7.92. The Hall–Kier alpha value is -1.80. The molecule has 22 heavy (non-hydrogen) atoms. The van der Waals surface area contributed by atoms with Gasteiger partial charge in [0.1, 0.15) is 12.3 Å². The van der Waals surface area contributed by atoms with Crippen LogP contribution in [0.5, 0.6) is 5.75 Å². The van der Waals surface area contributed by atoms with Gasteiger partial charge in [0.05, 0.1) is 16.0 Å². The maximum Gasteiger partial charge on any atom is 0.326 e. The number of phenolic OH excluding ortho intramolecular Hbond substituents is 1. The van der Waals surface area contributed by atoms with Crippen molar-refractivity contribution >= 4 is 50.9 Å². The van der Waals surface area contributed by atoms with Gasteiger partial charge in [0, 0.05) is 0 Å². The SMILES string of the molecule is CCOC(=O)CN1C(=O)SC(=Cc2ccc(O)c(Br)c2)C1=O. The van der Waals surface area contributed by atoms with Crippen molar-refractivity contribution in [3.8, 4) is 5.75 Å². The maximum atomic E-state index is 12.2. The van der Waals surface area contributed by atoms with Gasteiger partial charge >= 0.3 is 5.97 Å². The summed E-state index contributed by atoms with van der Waals surface area (Å²) in [6.07, 6.45) is 1.53. The van der Waals surface area contributed by atoms with E-state index in [0.29, 0.717) is 10.0 Å². The first kappa shape index (κ1) is 16.6. The maximum absolute atomic E-state index is 12.2. The van der Waals surface area contributed by atoms with Crippen molar-refractivity contribution in [1.29, 1.82) is 0 Å². The summed E-state index contributed by atoms with van der Waals surface area (Å²) in [7, 11) is 0. The highest BCUT2D eigenvalue weighted by Crippen LogP contribution is 2.33. The van der Waals surface area contributed by atoms with Crippen molar-refractivity contribution < 1.29 is 24.2 Å². The molecule has 8 heteroatoms. The number of thioether (sulfide) groups is 1. The number of halogens is 1. The van der Waals surface area contributed by atoms with Gasteiger partial charge in [0.2, 0.25) is 0 Å². The zero-order chi connectivity index (χ0) is 16.3. The van der Waals surface area contributed by atoms with Crippen LogP contribution in [0, 0.1) is 0 Å². The second-order valence-electron chi connectivity index (χ2n) is 4.28. The monoisotopic (exact) mass is 385 g/mol. The fraction of sp³-hybridized carbons (Fsp3) is 0.214. The first-order chi connectivity index (χ1) is 10.4. The van der Waals surface area contributed by atoms with Crippen LogP contribution in [0.4, 0.5) is 4.79 Å². The summed E-state index contributed by atoms with van der Waals surface area (Å²) in [4.78, 5) is 36.4. The Morgan fingerprint density at radius 2 is 2.18 bits per heavy atom. The number of aromatic hydroxyl groups is 1. The van der Waals surface area contributed by atoms with Gasteiger partial charge in [-0.25, -0.2) is 0 Å². The van der Waals surface area contributed by atoms with Gasteiger partial charge in [-0.3, -0.25) is 19.3 Å². The molecule has 0 aliphatic carbocycles. The van der Waals surface area contributed by atoms with Crippen LogP contribution in [-0.4, -0.2) is 40.3 Å². The number of imide groups is 1. The topological polar surface area (TPSA) is 83.9 Å². The minimum Gasteiger partial charge on any atom is -0.507 e.